The van der Waals surface area contributed by atoms with E-state index in [1.165, 1.54) is 31.4 Å². The van der Waals surface area contributed by atoms with Crippen LogP contribution in [-0.4, -0.2) is 24.1 Å². The minimum atomic E-state index is -1.19. The number of hydrogen-bond acceptors (Lipinski definition) is 4. The molecule has 2 N–H and O–H groups in total. The summed E-state index contributed by atoms with van der Waals surface area (Å²) in [6.45, 7) is 0. The van der Waals surface area contributed by atoms with Gasteiger partial charge < -0.3 is 19.6 Å². The van der Waals surface area contributed by atoms with Crippen molar-refractivity contribution in [1.82, 2.24) is 0 Å². The highest BCUT2D eigenvalue weighted by molar-refractivity contribution is 6.36. The number of carbonyl (C=O) groups excluding carboxylic acids is 1. The molecule has 3 aromatic rings. The average Bonchev–Trinajstić information content (AvgIpc) is 3.14. The first kappa shape index (κ1) is 21.8. The predicted molar refractivity (Wildman–Crippen MR) is 117 cm³/mol. The maximum Gasteiger partial charge on any atom is 0.335 e. The van der Waals surface area contributed by atoms with Crippen molar-refractivity contribution in [3.05, 3.63) is 74.9 Å². The van der Waals surface area contributed by atoms with Crippen molar-refractivity contribution in [3.63, 3.8) is 0 Å². The summed E-state index contributed by atoms with van der Waals surface area (Å²) in [6.07, 6.45) is 2.69. The Hall–Kier alpha value is -2.93. The Morgan fingerprint density at radius 2 is 1.83 bits per heavy atom. The lowest BCUT2D eigenvalue weighted by atomic mass is 10.2. The Morgan fingerprint density at radius 1 is 1.07 bits per heavy atom. The van der Waals surface area contributed by atoms with Gasteiger partial charge in [-0.05, 0) is 48.5 Å². The molecule has 0 unspecified atom stereocenters. The number of amides is 1. The van der Waals surface area contributed by atoms with Gasteiger partial charge in [0.15, 0.2) is 5.75 Å². The summed E-state index contributed by atoms with van der Waals surface area (Å²) >= 11 is 18.1. The molecule has 0 spiro atoms. The van der Waals surface area contributed by atoms with Crippen molar-refractivity contribution in [3.8, 4) is 17.1 Å². The normalized spacial score (nSPS) is 10.9. The molecule has 1 heterocycles. The van der Waals surface area contributed by atoms with Crippen LogP contribution in [0.4, 0.5) is 5.69 Å². The van der Waals surface area contributed by atoms with E-state index in [1.807, 2.05) is 0 Å². The number of methoxy groups -OCH3 is 1. The zero-order valence-corrected chi connectivity index (χ0v) is 17.7. The van der Waals surface area contributed by atoms with E-state index in [2.05, 4.69) is 5.32 Å². The topological polar surface area (TPSA) is 88.8 Å². The summed E-state index contributed by atoms with van der Waals surface area (Å²) in [7, 11) is 1.36. The van der Waals surface area contributed by atoms with Crippen LogP contribution in [0.2, 0.25) is 15.1 Å². The first-order valence-electron chi connectivity index (χ1n) is 8.43. The van der Waals surface area contributed by atoms with Crippen LogP contribution in [0.1, 0.15) is 16.1 Å². The quantitative estimate of drug-likeness (QED) is 0.418. The number of furan rings is 1. The zero-order chi connectivity index (χ0) is 21.8. The van der Waals surface area contributed by atoms with Crippen molar-refractivity contribution < 1.29 is 23.8 Å². The molecule has 6 nitrogen and oxygen atoms in total. The van der Waals surface area contributed by atoms with Crippen molar-refractivity contribution in [2.75, 3.05) is 12.4 Å². The molecule has 1 amide bonds. The van der Waals surface area contributed by atoms with Gasteiger partial charge in [0.25, 0.3) is 0 Å². The molecule has 0 bridgehead atoms. The third kappa shape index (κ3) is 4.97. The highest BCUT2D eigenvalue weighted by Crippen LogP contribution is 2.35. The fourth-order valence-electron chi connectivity index (χ4n) is 2.63. The molecule has 0 saturated heterocycles. The molecule has 30 heavy (non-hydrogen) atoms. The van der Waals surface area contributed by atoms with E-state index in [0.29, 0.717) is 27.1 Å². The van der Waals surface area contributed by atoms with Gasteiger partial charge in [0, 0.05) is 16.7 Å². The largest absolute Gasteiger partial charge is 0.493 e. The number of hydrogen-bond donors (Lipinski definition) is 2. The molecule has 0 fully saturated rings. The minimum absolute atomic E-state index is 0.0622. The lowest BCUT2D eigenvalue weighted by Crippen LogP contribution is -2.10. The number of nitrogens with one attached hydrogen (secondary N) is 1. The molecular weight excluding hydrogens is 453 g/mol. The molecule has 0 aliphatic heterocycles. The van der Waals surface area contributed by atoms with Crippen LogP contribution in [0.5, 0.6) is 5.75 Å². The van der Waals surface area contributed by atoms with E-state index >= 15 is 0 Å². The van der Waals surface area contributed by atoms with Crippen LogP contribution in [0.25, 0.3) is 17.4 Å². The summed E-state index contributed by atoms with van der Waals surface area (Å²) < 4.78 is 10.8. The van der Waals surface area contributed by atoms with Crippen LogP contribution < -0.4 is 10.1 Å². The highest BCUT2D eigenvalue weighted by Gasteiger charge is 2.15. The van der Waals surface area contributed by atoms with E-state index in [0.717, 1.165) is 0 Å². The molecule has 3 rings (SSSR count). The van der Waals surface area contributed by atoms with Crippen molar-refractivity contribution in [2.45, 2.75) is 0 Å². The van der Waals surface area contributed by atoms with Gasteiger partial charge in [0.05, 0.1) is 28.4 Å². The SMILES string of the molecule is COc1c(Cl)cc(C(=O)O)cc1NC(=O)/C=C/c1ccc(-c2ccc(Cl)cc2Cl)o1. The van der Waals surface area contributed by atoms with Crippen LogP contribution in [0.15, 0.2) is 53.0 Å². The van der Waals surface area contributed by atoms with Crippen LogP contribution in [0, 0.1) is 0 Å². The molecule has 0 aliphatic carbocycles. The Balaban J connectivity index is 1.77. The minimum Gasteiger partial charge on any atom is -0.493 e. The lowest BCUT2D eigenvalue weighted by Gasteiger charge is -2.11. The molecule has 0 atom stereocenters. The lowest BCUT2D eigenvalue weighted by molar-refractivity contribution is -0.111. The van der Waals surface area contributed by atoms with Gasteiger partial charge in [-0.15, -0.1) is 0 Å². The number of carboxylic acids is 1. The predicted octanol–water partition coefficient (Wildman–Crippen LogP) is 6.27. The number of carbonyl (C=O) groups is 2. The van der Waals surface area contributed by atoms with Gasteiger partial charge in [-0.1, -0.05) is 34.8 Å². The summed E-state index contributed by atoms with van der Waals surface area (Å²) in [5.41, 5.74) is 0.704. The number of rotatable bonds is 6. The number of ether oxygens (including phenoxy) is 1. The number of benzene rings is 2. The van der Waals surface area contributed by atoms with E-state index in [9.17, 15) is 9.59 Å². The average molecular weight is 467 g/mol. The number of carboxylic acid groups (broad SMARTS) is 1. The maximum absolute atomic E-state index is 12.3. The highest BCUT2D eigenvalue weighted by atomic mass is 35.5. The summed E-state index contributed by atoms with van der Waals surface area (Å²) in [5.74, 6) is -0.639. The van der Waals surface area contributed by atoms with Gasteiger partial charge in [0.2, 0.25) is 5.91 Å². The smallest absolute Gasteiger partial charge is 0.335 e. The van der Waals surface area contributed by atoms with Gasteiger partial charge >= 0.3 is 5.97 Å². The van der Waals surface area contributed by atoms with E-state index in [4.69, 9.17) is 49.1 Å². The van der Waals surface area contributed by atoms with Gasteiger partial charge in [-0.2, -0.15) is 0 Å². The number of aromatic carboxylic acids is 1. The molecule has 0 aliphatic rings. The molecule has 1 aromatic heterocycles. The third-order valence-corrected chi connectivity index (χ3v) is 4.80. The molecule has 0 saturated carbocycles. The molecule has 0 radical (unpaired) electrons. The Labute approximate surface area is 186 Å². The summed E-state index contributed by atoms with van der Waals surface area (Å²) in [4.78, 5) is 23.5. The van der Waals surface area contributed by atoms with Gasteiger partial charge in [-0.3, -0.25) is 4.79 Å². The molecule has 154 valence electrons. The third-order valence-electron chi connectivity index (χ3n) is 3.97. The second-order valence-corrected chi connectivity index (χ2v) is 7.24. The Morgan fingerprint density at radius 3 is 2.50 bits per heavy atom. The van der Waals surface area contributed by atoms with E-state index in [-0.39, 0.29) is 22.0 Å². The Bertz CT molecular complexity index is 1150. The van der Waals surface area contributed by atoms with Crippen molar-refractivity contribution in [1.29, 1.82) is 0 Å². The second kappa shape index (κ2) is 9.26. The fourth-order valence-corrected chi connectivity index (χ4v) is 3.42. The zero-order valence-electron chi connectivity index (χ0n) is 15.4. The standard InChI is InChI=1S/C21H14Cl3NO5/c1-29-20-16(24)8-11(21(27)28)9-17(20)25-19(26)7-4-13-3-6-18(30-13)14-5-2-12(22)10-15(14)23/h2-10H,1H3,(H,25,26)(H,27,28)/b7-4+. The van der Waals surface area contributed by atoms with E-state index in [1.54, 1.807) is 30.3 Å². The monoisotopic (exact) mass is 465 g/mol. The first-order chi connectivity index (χ1) is 14.3. The van der Waals surface area contributed by atoms with E-state index < -0.39 is 11.9 Å². The van der Waals surface area contributed by atoms with Crippen molar-refractivity contribution >= 4 is 58.4 Å². The van der Waals surface area contributed by atoms with Gasteiger partial charge in [-0.25, -0.2) is 4.79 Å². The number of anilines is 1. The molecular formula is C21H14Cl3NO5. The summed E-state index contributed by atoms with van der Waals surface area (Å²) in [6, 6.07) is 10.9. The van der Waals surface area contributed by atoms with Crippen LogP contribution >= 0.6 is 34.8 Å². The molecule has 2 aromatic carbocycles. The first-order valence-corrected chi connectivity index (χ1v) is 9.57. The fraction of sp³-hybridized carbons (Fsp3) is 0.0476. The molecule has 9 heteroatoms. The van der Waals surface area contributed by atoms with Crippen molar-refractivity contribution in [2.24, 2.45) is 0 Å². The maximum atomic E-state index is 12.3. The van der Waals surface area contributed by atoms with Crippen LogP contribution in [0.3, 0.4) is 0 Å². The summed E-state index contributed by atoms with van der Waals surface area (Å²) in [5, 5.41) is 12.7. The van der Waals surface area contributed by atoms with Crippen LogP contribution in [-0.2, 0) is 4.79 Å². The second-order valence-electron chi connectivity index (χ2n) is 5.99. The van der Waals surface area contributed by atoms with Gasteiger partial charge in [0.1, 0.15) is 11.5 Å². The Kier molecular flexibility index (Phi) is 6.72. The number of halogens is 3.